The lowest BCUT2D eigenvalue weighted by Crippen LogP contribution is -2.50. The first kappa shape index (κ1) is 18.5. The first-order valence-electron chi connectivity index (χ1n) is 10.4. The van der Waals surface area contributed by atoms with Crippen molar-refractivity contribution in [2.45, 2.75) is 58.5 Å². The molecule has 0 aromatic heterocycles. The van der Waals surface area contributed by atoms with E-state index < -0.39 is 5.97 Å². The number of fused-ring (bicyclic) bond motifs is 1. The molecule has 0 amide bonds. The second kappa shape index (κ2) is 7.67. The Balaban J connectivity index is 1.40. The lowest BCUT2D eigenvalue weighted by molar-refractivity contribution is -0.147. The highest BCUT2D eigenvalue weighted by Crippen LogP contribution is 2.35. The van der Waals surface area contributed by atoms with E-state index in [-0.39, 0.29) is 5.92 Å². The largest absolute Gasteiger partial charge is 0.490 e. The highest BCUT2D eigenvalue weighted by atomic mass is 16.5. The van der Waals surface area contributed by atoms with E-state index in [1.807, 2.05) is 0 Å². The zero-order valence-electron chi connectivity index (χ0n) is 16.5. The fraction of sp³-hybridized carbons (Fsp3) is 0.609. The Kier molecular flexibility index (Phi) is 5.27. The molecule has 0 bridgehead atoms. The Hall–Kier alpha value is -1.81. The number of benzene rings is 1. The summed E-state index contributed by atoms with van der Waals surface area (Å²) in [6.07, 6.45) is 7.40. The van der Waals surface area contributed by atoms with Gasteiger partial charge in [-0.05, 0) is 80.2 Å². The predicted octanol–water partition coefficient (Wildman–Crippen LogP) is 4.38. The van der Waals surface area contributed by atoms with Gasteiger partial charge in [0.05, 0.1) is 12.0 Å². The fourth-order valence-corrected chi connectivity index (χ4v) is 4.74. The second-order valence-corrected chi connectivity index (χ2v) is 8.78. The first-order valence-corrected chi connectivity index (χ1v) is 10.4. The zero-order valence-corrected chi connectivity index (χ0v) is 16.5. The topological polar surface area (TPSA) is 49.8 Å². The SMILES string of the molecule is CC1=C(CN2CC(C(=O)O)C2)CCc2cc(O[C@H]3CC[C@@H](C)CC3)ccc21. The second-order valence-electron chi connectivity index (χ2n) is 8.78. The van der Waals surface area contributed by atoms with Crippen LogP contribution in [0.1, 0.15) is 57.1 Å². The molecule has 3 aliphatic rings. The molecule has 1 aliphatic heterocycles. The molecular formula is C23H31NO3. The number of ether oxygens (including phenoxy) is 1. The molecule has 1 N–H and O–H groups in total. The molecule has 27 heavy (non-hydrogen) atoms. The van der Waals surface area contributed by atoms with Crippen molar-refractivity contribution < 1.29 is 14.6 Å². The molecule has 1 aromatic rings. The summed E-state index contributed by atoms with van der Waals surface area (Å²) in [6, 6.07) is 6.60. The van der Waals surface area contributed by atoms with Crippen molar-refractivity contribution in [2.75, 3.05) is 19.6 Å². The van der Waals surface area contributed by atoms with Crippen LogP contribution in [0, 0.1) is 11.8 Å². The third-order valence-corrected chi connectivity index (χ3v) is 6.69. The van der Waals surface area contributed by atoms with Crippen LogP contribution in [0.2, 0.25) is 0 Å². The Labute approximate surface area is 162 Å². The quantitative estimate of drug-likeness (QED) is 0.837. The molecule has 1 heterocycles. The number of nitrogens with zero attached hydrogens (tertiary/aromatic N) is 1. The van der Waals surface area contributed by atoms with Gasteiger partial charge >= 0.3 is 5.97 Å². The first-order chi connectivity index (χ1) is 13.0. The number of hydrogen-bond donors (Lipinski definition) is 1. The van der Waals surface area contributed by atoms with Crippen molar-refractivity contribution in [3.63, 3.8) is 0 Å². The summed E-state index contributed by atoms with van der Waals surface area (Å²) in [7, 11) is 0. The third kappa shape index (κ3) is 4.06. The monoisotopic (exact) mass is 369 g/mol. The molecule has 0 unspecified atom stereocenters. The fourth-order valence-electron chi connectivity index (χ4n) is 4.74. The van der Waals surface area contributed by atoms with Crippen LogP contribution >= 0.6 is 0 Å². The smallest absolute Gasteiger partial charge is 0.309 e. The molecule has 1 aromatic carbocycles. The van der Waals surface area contributed by atoms with Crippen molar-refractivity contribution >= 4 is 11.5 Å². The van der Waals surface area contributed by atoms with Crippen molar-refractivity contribution in [3.8, 4) is 5.75 Å². The van der Waals surface area contributed by atoms with Gasteiger partial charge in [0.15, 0.2) is 0 Å². The molecule has 2 aliphatic carbocycles. The third-order valence-electron chi connectivity index (χ3n) is 6.69. The molecule has 1 saturated carbocycles. The number of aryl methyl sites for hydroxylation is 1. The van der Waals surface area contributed by atoms with E-state index >= 15 is 0 Å². The van der Waals surface area contributed by atoms with Gasteiger partial charge in [-0.15, -0.1) is 0 Å². The van der Waals surface area contributed by atoms with Crippen molar-refractivity contribution in [2.24, 2.45) is 11.8 Å². The average molecular weight is 370 g/mol. The van der Waals surface area contributed by atoms with Gasteiger partial charge in [-0.25, -0.2) is 0 Å². The van der Waals surface area contributed by atoms with Crippen LogP contribution in [0.25, 0.3) is 5.57 Å². The minimum Gasteiger partial charge on any atom is -0.490 e. The van der Waals surface area contributed by atoms with Gasteiger partial charge in [-0.3, -0.25) is 9.69 Å². The summed E-state index contributed by atoms with van der Waals surface area (Å²) in [5, 5.41) is 9.04. The number of allylic oxidation sites excluding steroid dienone is 1. The molecule has 1 saturated heterocycles. The van der Waals surface area contributed by atoms with E-state index in [1.165, 1.54) is 48.0 Å². The number of carboxylic acids is 1. The van der Waals surface area contributed by atoms with Gasteiger partial charge in [0.25, 0.3) is 0 Å². The van der Waals surface area contributed by atoms with Crippen LogP contribution < -0.4 is 4.74 Å². The lowest BCUT2D eigenvalue weighted by atomic mass is 9.85. The number of rotatable bonds is 5. The lowest BCUT2D eigenvalue weighted by Gasteiger charge is -2.38. The van der Waals surface area contributed by atoms with Crippen LogP contribution in [-0.4, -0.2) is 41.7 Å². The summed E-state index contributed by atoms with van der Waals surface area (Å²) in [4.78, 5) is 13.2. The van der Waals surface area contributed by atoms with Gasteiger partial charge < -0.3 is 9.84 Å². The maximum Gasteiger partial charge on any atom is 0.309 e. The summed E-state index contributed by atoms with van der Waals surface area (Å²) in [5.74, 6) is 1.03. The Morgan fingerprint density at radius 3 is 2.63 bits per heavy atom. The summed E-state index contributed by atoms with van der Waals surface area (Å²) in [6.45, 7) is 6.83. The summed E-state index contributed by atoms with van der Waals surface area (Å²) in [5.41, 5.74) is 5.57. The molecule has 4 nitrogen and oxygen atoms in total. The van der Waals surface area contributed by atoms with Crippen molar-refractivity contribution in [3.05, 3.63) is 34.9 Å². The predicted molar refractivity (Wildman–Crippen MR) is 107 cm³/mol. The average Bonchev–Trinajstić information content (AvgIpc) is 2.61. The van der Waals surface area contributed by atoms with Crippen LogP contribution in [0.4, 0.5) is 0 Å². The molecule has 4 heteroatoms. The summed E-state index contributed by atoms with van der Waals surface area (Å²) < 4.78 is 6.28. The van der Waals surface area contributed by atoms with Gasteiger partial charge in [0, 0.05) is 19.6 Å². The number of carbonyl (C=O) groups is 1. The van der Waals surface area contributed by atoms with Gasteiger partial charge in [-0.1, -0.05) is 18.6 Å². The maximum absolute atomic E-state index is 11.0. The molecule has 0 radical (unpaired) electrons. The van der Waals surface area contributed by atoms with E-state index in [0.717, 1.165) is 31.1 Å². The summed E-state index contributed by atoms with van der Waals surface area (Å²) >= 11 is 0. The molecule has 0 spiro atoms. The van der Waals surface area contributed by atoms with E-state index in [0.29, 0.717) is 19.2 Å². The Bertz CT molecular complexity index is 740. The van der Waals surface area contributed by atoms with Crippen LogP contribution in [-0.2, 0) is 11.2 Å². The van der Waals surface area contributed by atoms with E-state index in [1.54, 1.807) is 0 Å². The zero-order chi connectivity index (χ0) is 19.0. The van der Waals surface area contributed by atoms with E-state index in [2.05, 4.69) is 36.9 Å². The van der Waals surface area contributed by atoms with Crippen LogP contribution in [0.5, 0.6) is 5.75 Å². The minimum atomic E-state index is -0.661. The van der Waals surface area contributed by atoms with E-state index in [4.69, 9.17) is 9.84 Å². The molecule has 4 rings (SSSR count). The van der Waals surface area contributed by atoms with E-state index in [9.17, 15) is 4.79 Å². The van der Waals surface area contributed by atoms with Crippen molar-refractivity contribution in [1.82, 2.24) is 4.90 Å². The molecule has 146 valence electrons. The molecule has 0 atom stereocenters. The minimum absolute atomic E-state index is 0.177. The molecule has 2 fully saturated rings. The molecular weight excluding hydrogens is 338 g/mol. The van der Waals surface area contributed by atoms with Gasteiger partial charge in [0.2, 0.25) is 0 Å². The van der Waals surface area contributed by atoms with Gasteiger partial charge in [0.1, 0.15) is 5.75 Å². The van der Waals surface area contributed by atoms with Crippen LogP contribution in [0.15, 0.2) is 23.8 Å². The normalized spacial score (nSPS) is 26.4. The van der Waals surface area contributed by atoms with Crippen molar-refractivity contribution in [1.29, 1.82) is 0 Å². The highest BCUT2D eigenvalue weighted by Gasteiger charge is 2.33. The number of likely N-dealkylation sites (tertiary alicyclic amines) is 1. The maximum atomic E-state index is 11.0. The Morgan fingerprint density at radius 2 is 1.93 bits per heavy atom. The Morgan fingerprint density at radius 1 is 1.19 bits per heavy atom. The van der Waals surface area contributed by atoms with Gasteiger partial charge in [-0.2, -0.15) is 0 Å². The standard InChI is InChI=1S/C23H31NO3/c1-15-3-7-20(8-4-15)27-21-9-10-22-16(2)18(6-5-17(22)11-21)12-24-13-19(14-24)23(25)26/h9-11,15,19-20H,3-8,12-14H2,1-2H3,(H,25,26)/t15-,20+. The van der Waals surface area contributed by atoms with Crippen LogP contribution in [0.3, 0.4) is 0 Å². The number of carboxylic acid groups (broad SMARTS) is 1. The number of hydrogen-bond acceptors (Lipinski definition) is 3. The number of aliphatic carboxylic acids is 1. The highest BCUT2D eigenvalue weighted by molar-refractivity contribution is 5.73.